The fourth-order valence-corrected chi connectivity index (χ4v) is 3.17. The Bertz CT molecular complexity index is 731. The molecule has 2 fully saturated rings. The van der Waals surface area contributed by atoms with Gasteiger partial charge in [-0.3, -0.25) is 4.90 Å². The van der Waals surface area contributed by atoms with Gasteiger partial charge < -0.3 is 23.7 Å². The monoisotopic (exact) mass is 386 g/mol. The summed E-state index contributed by atoms with van der Waals surface area (Å²) in [6.07, 6.45) is -0.520. The highest BCUT2D eigenvalue weighted by Gasteiger charge is 2.25. The lowest BCUT2D eigenvalue weighted by Gasteiger charge is -2.26. The Morgan fingerprint density at radius 3 is 2.50 bits per heavy atom. The second-order valence-corrected chi connectivity index (χ2v) is 6.68. The maximum absolute atomic E-state index is 5.99. The Morgan fingerprint density at radius 2 is 1.71 bits per heavy atom. The molecule has 2 aliphatic heterocycles. The van der Waals surface area contributed by atoms with Crippen LogP contribution in [0.25, 0.3) is 0 Å². The van der Waals surface area contributed by atoms with Crippen LogP contribution in [0.5, 0.6) is 11.6 Å². The molecule has 0 unspecified atom stereocenters. The molecular formula is C21H26N2O5. The van der Waals surface area contributed by atoms with Gasteiger partial charge in [0.05, 0.1) is 26.4 Å². The molecule has 0 spiro atoms. The van der Waals surface area contributed by atoms with E-state index in [1.165, 1.54) is 0 Å². The van der Waals surface area contributed by atoms with Crippen LogP contribution in [0.2, 0.25) is 0 Å². The quantitative estimate of drug-likeness (QED) is 0.690. The van der Waals surface area contributed by atoms with Crippen molar-refractivity contribution in [1.82, 2.24) is 9.88 Å². The first-order chi connectivity index (χ1) is 13.9. The summed E-state index contributed by atoms with van der Waals surface area (Å²) in [5, 5.41) is 0. The number of pyridine rings is 1. The van der Waals surface area contributed by atoms with Gasteiger partial charge >= 0.3 is 0 Å². The average Bonchev–Trinajstić information content (AvgIpc) is 3.29. The van der Waals surface area contributed by atoms with Crippen LogP contribution in [0.3, 0.4) is 0 Å². The first-order valence-corrected chi connectivity index (χ1v) is 9.72. The molecule has 7 heteroatoms. The lowest BCUT2D eigenvalue weighted by Crippen LogP contribution is -2.38. The van der Waals surface area contributed by atoms with Gasteiger partial charge in [0, 0.05) is 25.7 Å². The third-order valence-corrected chi connectivity index (χ3v) is 4.70. The highest BCUT2D eigenvalue weighted by Crippen LogP contribution is 2.32. The minimum atomic E-state index is -0.520. The lowest BCUT2D eigenvalue weighted by atomic mass is 10.2. The van der Waals surface area contributed by atoms with Crippen molar-refractivity contribution in [3.05, 3.63) is 53.7 Å². The molecule has 0 bridgehead atoms. The zero-order chi connectivity index (χ0) is 19.0. The minimum Gasteiger partial charge on any atom is -0.487 e. The van der Waals surface area contributed by atoms with Gasteiger partial charge in [-0.05, 0) is 11.6 Å². The summed E-state index contributed by atoms with van der Waals surface area (Å²) in [5.41, 5.74) is 1.71. The molecule has 2 aliphatic rings. The molecule has 28 heavy (non-hydrogen) atoms. The number of aromatic nitrogens is 1. The summed E-state index contributed by atoms with van der Waals surface area (Å²) in [7, 11) is 0. The van der Waals surface area contributed by atoms with Crippen LogP contribution in [0, 0.1) is 0 Å². The zero-order valence-corrected chi connectivity index (χ0v) is 15.9. The zero-order valence-electron chi connectivity index (χ0n) is 15.9. The number of nitrogens with zero attached hydrogens (tertiary/aromatic N) is 2. The van der Waals surface area contributed by atoms with Gasteiger partial charge in [-0.25, -0.2) is 4.98 Å². The van der Waals surface area contributed by atoms with Crippen LogP contribution in [-0.2, 0) is 20.8 Å². The Balaban J connectivity index is 1.39. The van der Waals surface area contributed by atoms with Crippen LogP contribution in [0.15, 0.2) is 42.5 Å². The van der Waals surface area contributed by atoms with E-state index in [1.807, 2.05) is 42.5 Å². The van der Waals surface area contributed by atoms with Crippen LogP contribution >= 0.6 is 0 Å². The Labute approximate surface area is 165 Å². The first-order valence-electron chi connectivity index (χ1n) is 9.72. The van der Waals surface area contributed by atoms with E-state index in [4.69, 9.17) is 23.7 Å². The van der Waals surface area contributed by atoms with Crippen molar-refractivity contribution < 1.29 is 23.7 Å². The lowest BCUT2D eigenvalue weighted by molar-refractivity contribution is -0.0495. The molecule has 0 radical (unpaired) electrons. The highest BCUT2D eigenvalue weighted by molar-refractivity contribution is 5.33. The van der Waals surface area contributed by atoms with Crippen molar-refractivity contribution in [2.24, 2.45) is 0 Å². The third kappa shape index (κ3) is 5.20. The largest absolute Gasteiger partial charge is 0.487 e. The smallest absolute Gasteiger partial charge is 0.213 e. The van der Waals surface area contributed by atoms with Crippen LogP contribution < -0.4 is 9.47 Å². The van der Waals surface area contributed by atoms with E-state index in [1.54, 1.807) is 0 Å². The third-order valence-electron chi connectivity index (χ3n) is 4.70. The van der Waals surface area contributed by atoms with E-state index < -0.39 is 6.29 Å². The molecule has 150 valence electrons. The first kappa shape index (κ1) is 19.1. The number of rotatable bonds is 8. The van der Waals surface area contributed by atoms with Gasteiger partial charge in [-0.1, -0.05) is 30.3 Å². The molecule has 3 heterocycles. The number of ether oxygens (including phenoxy) is 5. The minimum absolute atomic E-state index is 0.458. The molecule has 7 nitrogen and oxygen atoms in total. The molecule has 2 saturated heterocycles. The summed E-state index contributed by atoms with van der Waals surface area (Å²) in [6, 6.07) is 13.7. The predicted octanol–water partition coefficient (Wildman–Crippen LogP) is 2.42. The van der Waals surface area contributed by atoms with E-state index >= 15 is 0 Å². The summed E-state index contributed by atoms with van der Waals surface area (Å²) >= 11 is 0. The van der Waals surface area contributed by atoms with Crippen LogP contribution in [-0.4, -0.2) is 62.6 Å². The molecule has 2 aromatic rings. The number of hydrogen-bond donors (Lipinski definition) is 0. The van der Waals surface area contributed by atoms with Gasteiger partial charge in [0.2, 0.25) is 12.2 Å². The topological polar surface area (TPSA) is 62.3 Å². The van der Waals surface area contributed by atoms with Gasteiger partial charge in [0.25, 0.3) is 0 Å². The number of hydrogen-bond acceptors (Lipinski definition) is 7. The average molecular weight is 386 g/mol. The predicted molar refractivity (Wildman–Crippen MR) is 102 cm³/mol. The molecule has 0 amide bonds. The highest BCUT2D eigenvalue weighted by atomic mass is 16.7. The Morgan fingerprint density at radius 1 is 0.929 bits per heavy atom. The molecule has 0 aliphatic carbocycles. The molecule has 1 aromatic heterocycles. The summed E-state index contributed by atoms with van der Waals surface area (Å²) < 4.78 is 28.5. The second kappa shape index (κ2) is 9.84. The van der Waals surface area contributed by atoms with Gasteiger partial charge in [0.1, 0.15) is 24.7 Å². The molecule has 0 saturated carbocycles. The van der Waals surface area contributed by atoms with E-state index in [-0.39, 0.29) is 0 Å². The maximum atomic E-state index is 5.99. The molecular weight excluding hydrogens is 360 g/mol. The fourth-order valence-electron chi connectivity index (χ4n) is 3.17. The summed E-state index contributed by atoms with van der Waals surface area (Å²) in [6.45, 7) is 6.43. The van der Waals surface area contributed by atoms with Crippen molar-refractivity contribution in [2.75, 3.05) is 52.7 Å². The normalized spacial score (nSPS) is 18.3. The Hall–Kier alpha value is -2.19. The molecule has 4 rings (SSSR count). The van der Waals surface area contributed by atoms with E-state index in [0.29, 0.717) is 43.8 Å². The SMILES string of the molecule is c1ccc(COc2ccc(OCCN3CCOCC3)nc2C2OCCO2)cc1. The van der Waals surface area contributed by atoms with Crippen molar-refractivity contribution >= 4 is 0 Å². The van der Waals surface area contributed by atoms with E-state index in [2.05, 4.69) is 9.88 Å². The summed E-state index contributed by atoms with van der Waals surface area (Å²) in [5.74, 6) is 1.20. The van der Waals surface area contributed by atoms with Gasteiger partial charge in [-0.15, -0.1) is 0 Å². The molecule has 0 atom stereocenters. The second-order valence-electron chi connectivity index (χ2n) is 6.68. The maximum Gasteiger partial charge on any atom is 0.213 e. The standard InChI is InChI=1S/C21H26N2O5/c1-2-4-17(5-3-1)16-28-18-6-7-19(22-20(18)21-26-14-15-27-21)25-13-10-23-8-11-24-12-9-23/h1-7,21H,8-16H2. The summed E-state index contributed by atoms with van der Waals surface area (Å²) in [4.78, 5) is 6.93. The van der Waals surface area contributed by atoms with Crippen molar-refractivity contribution in [2.45, 2.75) is 12.9 Å². The van der Waals surface area contributed by atoms with E-state index in [0.717, 1.165) is 38.4 Å². The molecule has 0 N–H and O–H groups in total. The fraction of sp³-hybridized carbons (Fsp3) is 0.476. The van der Waals surface area contributed by atoms with E-state index in [9.17, 15) is 0 Å². The Kier molecular flexibility index (Phi) is 6.73. The molecule has 1 aromatic carbocycles. The number of benzene rings is 1. The van der Waals surface area contributed by atoms with Crippen molar-refractivity contribution in [3.8, 4) is 11.6 Å². The van der Waals surface area contributed by atoms with Crippen molar-refractivity contribution in [3.63, 3.8) is 0 Å². The van der Waals surface area contributed by atoms with Crippen LogP contribution in [0.1, 0.15) is 17.5 Å². The van der Waals surface area contributed by atoms with Crippen molar-refractivity contribution in [1.29, 1.82) is 0 Å². The van der Waals surface area contributed by atoms with Gasteiger partial charge in [0.15, 0.2) is 0 Å². The van der Waals surface area contributed by atoms with Gasteiger partial charge in [-0.2, -0.15) is 0 Å². The van der Waals surface area contributed by atoms with Crippen LogP contribution in [0.4, 0.5) is 0 Å². The number of morpholine rings is 1.